The van der Waals surface area contributed by atoms with Crippen LogP contribution in [0.15, 0.2) is 59.8 Å². The summed E-state index contributed by atoms with van der Waals surface area (Å²) in [4.78, 5) is 30.4. The first-order valence-corrected chi connectivity index (χ1v) is 9.11. The second-order valence-corrected chi connectivity index (χ2v) is 7.03. The number of carbonyl (C=O) groups excluding carboxylic acids is 1. The summed E-state index contributed by atoms with van der Waals surface area (Å²) in [6.45, 7) is 1.80. The molecule has 2 aromatic heterocycles. The van der Waals surface area contributed by atoms with Crippen molar-refractivity contribution in [3.8, 4) is 0 Å². The molecule has 6 nitrogen and oxygen atoms in total. The fourth-order valence-electron chi connectivity index (χ4n) is 3.36. The number of amides is 1. The Kier molecular flexibility index (Phi) is 4.39. The van der Waals surface area contributed by atoms with Crippen LogP contribution < -0.4 is 10.9 Å². The van der Waals surface area contributed by atoms with Gasteiger partial charge in [-0.1, -0.05) is 30.3 Å². The van der Waals surface area contributed by atoms with E-state index in [0.29, 0.717) is 11.4 Å². The monoisotopic (exact) mass is 362 g/mol. The molecule has 1 aliphatic rings. The molecule has 1 aliphatic carbocycles. The van der Waals surface area contributed by atoms with E-state index in [0.717, 1.165) is 18.4 Å². The predicted molar refractivity (Wildman–Crippen MR) is 103 cm³/mol. The zero-order chi connectivity index (χ0) is 19.0. The molecule has 1 N–H and O–H groups in total. The molecule has 0 saturated heterocycles. The molecule has 0 radical (unpaired) electrons. The Balaban J connectivity index is 1.72. The maximum atomic E-state index is 13.1. The molecule has 1 amide bonds. The van der Waals surface area contributed by atoms with Gasteiger partial charge in [-0.05, 0) is 37.0 Å². The number of aryl methyl sites for hydroxylation is 2. The quantitative estimate of drug-likeness (QED) is 0.759. The average Bonchev–Trinajstić information content (AvgIpc) is 3.41. The van der Waals surface area contributed by atoms with Crippen molar-refractivity contribution in [2.75, 3.05) is 0 Å². The van der Waals surface area contributed by atoms with E-state index in [-0.39, 0.29) is 23.1 Å². The van der Waals surface area contributed by atoms with Gasteiger partial charge in [0, 0.05) is 31.7 Å². The molecule has 1 fully saturated rings. The minimum absolute atomic E-state index is 0.208. The van der Waals surface area contributed by atoms with Gasteiger partial charge < -0.3 is 14.5 Å². The van der Waals surface area contributed by atoms with Crippen molar-refractivity contribution < 1.29 is 4.79 Å². The van der Waals surface area contributed by atoms with Gasteiger partial charge in [0.15, 0.2) is 0 Å². The van der Waals surface area contributed by atoms with Crippen LogP contribution in [0.25, 0.3) is 0 Å². The maximum absolute atomic E-state index is 13.1. The Morgan fingerprint density at radius 2 is 1.93 bits per heavy atom. The largest absolute Gasteiger partial charge is 0.338 e. The molecule has 27 heavy (non-hydrogen) atoms. The number of pyridine rings is 1. The lowest BCUT2D eigenvalue weighted by atomic mass is 10.0. The molecule has 4 rings (SSSR count). The second-order valence-electron chi connectivity index (χ2n) is 7.03. The minimum atomic E-state index is -0.438. The van der Waals surface area contributed by atoms with Crippen LogP contribution in [0.5, 0.6) is 0 Å². The predicted octanol–water partition coefficient (Wildman–Crippen LogP) is 2.74. The first-order valence-electron chi connectivity index (χ1n) is 9.11. The number of nitrogens with one attached hydrogen (secondary N) is 1. The number of carbonyl (C=O) groups is 1. The van der Waals surface area contributed by atoms with Crippen LogP contribution >= 0.6 is 0 Å². The van der Waals surface area contributed by atoms with Crippen molar-refractivity contribution in [2.45, 2.75) is 31.8 Å². The van der Waals surface area contributed by atoms with E-state index in [4.69, 9.17) is 0 Å². The summed E-state index contributed by atoms with van der Waals surface area (Å²) in [5.41, 5.74) is 1.58. The number of nitrogens with zero attached hydrogens (tertiary/aromatic N) is 3. The van der Waals surface area contributed by atoms with Crippen molar-refractivity contribution in [3.05, 3.63) is 87.9 Å². The topological polar surface area (TPSA) is 68.9 Å². The molecule has 1 saturated carbocycles. The van der Waals surface area contributed by atoms with Crippen LogP contribution in [0.1, 0.15) is 52.2 Å². The Labute approximate surface area is 157 Å². The molecule has 138 valence electrons. The van der Waals surface area contributed by atoms with Gasteiger partial charge in [0.25, 0.3) is 11.5 Å². The highest BCUT2D eigenvalue weighted by molar-refractivity contribution is 5.95. The van der Waals surface area contributed by atoms with Crippen molar-refractivity contribution >= 4 is 5.91 Å². The molecule has 3 aromatic rings. The SMILES string of the molecule is Cc1ccn(C2CC2)c(=O)c1C(=O)NC(c1ccccc1)c1nccn1C. The maximum Gasteiger partial charge on any atom is 0.263 e. The summed E-state index contributed by atoms with van der Waals surface area (Å²) in [5.74, 6) is 0.343. The highest BCUT2D eigenvalue weighted by Gasteiger charge is 2.28. The lowest BCUT2D eigenvalue weighted by Gasteiger charge is -2.20. The highest BCUT2D eigenvalue weighted by Crippen LogP contribution is 2.33. The van der Waals surface area contributed by atoms with Gasteiger partial charge in [-0.2, -0.15) is 0 Å². The minimum Gasteiger partial charge on any atom is -0.338 e. The average molecular weight is 362 g/mol. The summed E-state index contributed by atoms with van der Waals surface area (Å²) in [5, 5.41) is 3.03. The molecule has 6 heteroatoms. The van der Waals surface area contributed by atoms with Crippen LogP contribution in [0.4, 0.5) is 0 Å². The Morgan fingerprint density at radius 3 is 2.56 bits per heavy atom. The smallest absolute Gasteiger partial charge is 0.263 e. The first kappa shape index (κ1) is 17.3. The van der Waals surface area contributed by atoms with Crippen molar-refractivity contribution in [1.82, 2.24) is 19.4 Å². The lowest BCUT2D eigenvalue weighted by Crippen LogP contribution is -2.37. The van der Waals surface area contributed by atoms with E-state index in [1.165, 1.54) is 0 Å². The second kappa shape index (κ2) is 6.87. The molecular formula is C21H22N4O2. The zero-order valence-electron chi connectivity index (χ0n) is 15.4. The van der Waals surface area contributed by atoms with Crippen molar-refractivity contribution in [3.63, 3.8) is 0 Å². The zero-order valence-corrected chi connectivity index (χ0v) is 15.4. The fourth-order valence-corrected chi connectivity index (χ4v) is 3.36. The van der Waals surface area contributed by atoms with Crippen LogP contribution in [0, 0.1) is 6.92 Å². The van der Waals surface area contributed by atoms with Crippen molar-refractivity contribution in [2.24, 2.45) is 7.05 Å². The summed E-state index contributed by atoms with van der Waals surface area (Å²) >= 11 is 0. The van der Waals surface area contributed by atoms with Crippen LogP contribution in [-0.4, -0.2) is 20.0 Å². The Bertz CT molecular complexity index is 1030. The van der Waals surface area contributed by atoms with E-state index in [9.17, 15) is 9.59 Å². The number of rotatable bonds is 5. The van der Waals surface area contributed by atoms with E-state index < -0.39 is 6.04 Å². The molecule has 0 spiro atoms. The molecule has 2 heterocycles. The molecule has 1 aromatic carbocycles. The molecular weight excluding hydrogens is 340 g/mol. The Morgan fingerprint density at radius 1 is 1.19 bits per heavy atom. The molecule has 1 unspecified atom stereocenters. The van der Waals surface area contributed by atoms with Crippen LogP contribution in [0.3, 0.4) is 0 Å². The van der Waals surface area contributed by atoms with E-state index in [1.54, 1.807) is 23.9 Å². The van der Waals surface area contributed by atoms with Crippen LogP contribution in [-0.2, 0) is 7.05 Å². The number of imidazole rings is 1. The Hall–Kier alpha value is -3.15. The molecule has 0 aliphatic heterocycles. The third-order valence-corrected chi connectivity index (χ3v) is 5.02. The summed E-state index contributed by atoms with van der Waals surface area (Å²) in [7, 11) is 1.89. The molecule has 0 bridgehead atoms. The summed E-state index contributed by atoms with van der Waals surface area (Å²) in [6.07, 6.45) is 7.31. The number of aromatic nitrogens is 3. The number of hydrogen-bond donors (Lipinski definition) is 1. The summed E-state index contributed by atoms with van der Waals surface area (Å²) in [6, 6.07) is 11.3. The third-order valence-electron chi connectivity index (χ3n) is 5.02. The number of benzene rings is 1. The summed E-state index contributed by atoms with van der Waals surface area (Å²) < 4.78 is 3.55. The van der Waals surface area contributed by atoms with E-state index >= 15 is 0 Å². The van der Waals surface area contributed by atoms with Gasteiger partial charge in [-0.25, -0.2) is 4.98 Å². The van der Waals surface area contributed by atoms with Gasteiger partial charge in [0.2, 0.25) is 0 Å². The standard InChI is InChI=1S/C21H22N4O2/c1-14-10-12-25(16-8-9-16)21(27)17(14)20(26)23-18(15-6-4-3-5-7-15)19-22-11-13-24(19)2/h3-7,10-13,16,18H,8-9H2,1-2H3,(H,23,26). The van der Waals surface area contributed by atoms with Crippen LogP contribution in [0.2, 0.25) is 0 Å². The lowest BCUT2D eigenvalue weighted by molar-refractivity contribution is 0.0938. The van der Waals surface area contributed by atoms with Gasteiger partial charge in [-0.3, -0.25) is 9.59 Å². The molecule has 1 atom stereocenters. The first-order chi connectivity index (χ1) is 13.1. The normalized spacial score (nSPS) is 14.7. The van der Waals surface area contributed by atoms with Gasteiger partial charge in [0.1, 0.15) is 17.4 Å². The number of hydrogen-bond acceptors (Lipinski definition) is 3. The van der Waals surface area contributed by atoms with E-state index in [2.05, 4.69) is 10.3 Å². The van der Waals surface area contributed by atoms with Gasteiger partial charge in [0.05, 0.1) is 0 Å². The van der Waals surface area contributed by atoms with Crippen molar-refractivity contribution in [1.29, 1.82) is 0 Å². The highest BCUT2D eigenvalue weighted by atomic mass is 16.2. The fraction of sp³-hybridized carbons (Fsp3) is 0.286. The van der Waals surface area contributed by atoms with E-state index in [1.807, 2.05) is 54.2 Å². The van der Waals surface area contributed by atoms with Gasteiger partial charge in [-0.15, -0.1) is 0 Å². The van der Waals surface area contributed by atoms with Gasteiger partial charge >= 0.3 is 0 Å². The third kappa shape index (κ3) is 3.30.